The summed E-state index contributed by atoms with van der Waals surface area (Å²) in [5.41, 5.74) is 4.10. The summed E-state index contributed by atoms with van der Waals surface area (Å²) in [6.07, 6.45) is 5.73. The summed E-state index contributed by atoms with van der Waals surface area (Å²) < 4.78 is 0. The molecular weight excluding hydrogens is 238 g/mol. The second-order valence-electron chi connectivity index (χ2n) is 4.54. The molecule has 2 aliphatic rings. The van der Waals surface area contributed by atoms with Crippen molar-refractivity contribution in [3.63, 3.8) is 0 Å². The number of benzene rings is 1. The van der Waals surface area contributed by atoms with Crippen LogP contribution < -0.4 is 5.32 Å². The van der Waals surface area contributed by atoms with Gasteiger partial charge < -0.3 is 5.32 Å². The van der Waals surface area contributed by atoms with E-state index in [2.05, 4.69) is 16.4 Å². The van der Waals surface area contributed by atoms with Crippen molar-refractivity contribution in [3.05, 3.63) is 58.8 Å². The number of allylic oxidation sites excluding steroid dienone is 3. The average Bonchev–Trinajstić information content (AvgIpc) is 2.77. The Bertz CT molecular complexity index is 705. The predicted octanol–water partition coefficient (Wildman–Crippen LogP) is 2.57. The van der Waals surface area contributed by atoms with E-state index in [1.54, 1.807) is 0 Å². The van der Waals surface area contributed by atoms with Gasteiger partial charge in [0.25, 0.3) is 0 Å². The van der Waals surface area contributed by atoms with Crippen LogP contribution in [0, 0.1) is 18.3 Å². The highest BCUT2D eigenvalue weighted by Crippen LogP contribution is 2.30. The average molecular weight is 249 g/mol. The molecule has 1 unspecified atom stereocenters. The summed E-state index contributed by atoms with van der Waals surface area (Å²) >= 11 is 0. The number of nitrogens with zero attached hydrogens (tertiary/aromatic N) is 2. The van der Waals surface area contributed by atoms with Crippen LogP contribution in [0.4, 0.5) is 4.79 Å². The third kappa shape index (κ3) is 1.85. The third-order valence-corrected chi connectivity index (χ3v) is 3.33. The van der Waals surface area contributed by atoms with E-state index in [-0.39, 0.29) is 11.9 Å². The van der Waals surface area contributed by atoms with E-state index in [0.29, 0.717) is 11.3 Å². The first-order valence-electron chi connectivity index (χ1n) is 5.98. The Morgan fingerprint density at radius 2 is 2.26 bits per heavy atom. The van der Waals surface area contributed by atoms with Crippen molar-refractivity contribution >= 4 is 11.7 Å². The summed E-state index contributed by atoms with van der Waals surface area (Å²) in [5, 5.41) is 11.9. The van der Waals surface area contributed by atoms with Gasteiger partial charge in [-0.25, -0.2) is 4.79 Å². The second-order valence-corrected chi connectivity index (χ2v) is 4.54. The number of nitriles is 1. The Balaban J connectivity index is 2.07. The van der Waals surface area contributed by atoms with E-state index < -0.39 is 0 Å². The van der Waals surface area contributed by atoms with Gasteiger partial charge in [0.05, 0.1) is 23.0 Å². The van der Waals surface area contributed by atoms with Crippen LogP contribution in [0.1, 0.15) is 22.6 Å². The molecule has 0 saturated carbocycles. The molecule has 4 heteroatoms. The molecule has 19 heavy (non-hydrogen) atoms. The van der Waals surface area contributed by atoms with Crippen LogP contribution in [0.25, 0.3) is 0 Å². The number of nitrogens with one attached hydrogen (secondary N) is 1. The minimum Gasteiger partial charge on any atom is -0.304 e. The number of aryl methyl sites for hydroxylation is 1. The van der Waals surface area contributed by atoms with Gasteiger partial charge in [0.15, 0.2) is 0 Å². The van der Waals surface area contributed by atoms with E-state index in [0.717, 1.165) is 16.8 Å². The molecule has 92 valence electrons. The van der Waals surface area contributed by atoms with Gasteiger partial charge in [0, 0.05) is 5.92 Å². The van der Waals surface area contributed by atoms with Crippen LogP contribution in [-0.4, -0.2) is 11.7 Å². The van der Waals surface area contributed by atoms with Crippen LogP contribution in [0.15, 0.2) is 47.1 Å². The molecule has 0 saturated heterocycles. The highest BCUT2D eigenvalue weighted by molar-refractivity contribution is 6.19. The molecule has 4 nitrogen and oxygen atoms in total. The van der Waals surface area contributed by atoms with E-state index in [1.807, 2.05) is 43.4 Å². The summed E-state index contributed by atoms with van der Waals surface area (Å²) in [6.45, 7) is 1.99. The standard InChI is InChI=1S/C15H11N3O/c1-9-3-2-4-11(8-16)14(9)10-5-6-12-13(7-10)18-15(19)17-12/h2-7,10H,1H3,(H,18,19). The van der Waals surface area contributed by atoms with E-state index in [4.69, 9.17) is 0 Å². The Morgan fingerprint density at radius 1 is 1.42 bits per heavy atom. The van der Waals surface area contributed by atoms with E-state index in [9.17, 15) is 10.1 Å². The lowest BCUT2D eigenvalue weighted by molar-refractivity contribution is 0.253. The van der Waals surface area contributed by atoms with Gasteiger partial charge in [-0.1, -0.05) is 18.2 Å². The van der Waals surface area contributed by atoms with Gasteiger partial charge in [-0.05, 0) is 36.3 Å². The van der Waals surface area contributed by atoms with Crippen molar-refractivity contribution in [1.82, 2.24) is 5.32 Å². The lowest BCUT2D eigenvalue weighted by Gasteiger charge is -2.17. The molecule has 0 bridgehead atoms. The quantitative estimate of drug-likeness (QED) is 0.831. The maximum Gasteiger partial charge on any atom is 0.346 e. The number of carbonyl (C=O) groups is 1. The predicted molar refractivity (Wildman–Crippen MR) is 71.8 cm³/mol. The fraction of sp³-hybridized carbons (Fsp3) is 0.133. The molecular formula is C15H11N3O. The van der Waals surface area contributed by atoms with Crippen LogP contribution in [-0.2, 0) is 0 Å². The first kappa shape index (κ1) is 11.4. The highest BCUT2D eigenvalue weighted by atomic mass is 16.2. The van der Waals surface area contributed by atoms with Crippen molar-refractivity contribution in [2.75, 3.05) is 0 Å². The Morgan fingerprint density at radius 3 is 3.05 bits per heavy atom. The zero-order valence-corrected chi connectivity index (χ0v) is 10.3. The molecule has 2 amide bonds. The van der Waals surface area contributed by atoms with Gasteiger partial charge in [0.1, 0.15) is 0 Å². The molecule has 1 aliphatic carbocycles. The molecule has 0 fully saturated rings. The maximum absolute atomic E-state index is 11.2. The van der Waals surface area contributed by atoms with Gasteiger partial charge in [-0.3, -0.25) is 0 Å². The fourth-order valence-electron chi connectivity index (χ4n) is 2.46. The van der Waals surface area contributed by atoms with Crippen molar-refractivity contribution < 1.29 is 4.79 Å². The summed E-state index contributed by atoms with van der Waals surface area (Å²) in [7, 11) is 0. The third-order valence-electron chi connectivity index (χ3n) is 3.33. The minimum atomic E-state index is -0.336. The number of urea groups is 1. The van der Waals surface area contributed by atoms with Gasteiger partial charge >= 0.3 is 6.03 Å². The Hall–Kier alpha value is -2.67. The molecule has 0 radical (unpaired) electrons. The number of hydrogen-bond donors (Lipinski definition) is 1. The van der Waals surface area contributed by atoms with Crippen LogP contribution >= 0.6 is 0 Å². The summed E-state index contributed by atoms with van der Waals surface area (Å²) in [5.74, 6) is -0.0109. The number of rotatable bonds is 1. The zero-order chi connectivity index (χ0) is 13.4. The minimum absolute atomic E-state index is 0.0109. The topological polar surface area (TPSA) is 65.2 Å². The fourth-order valence-corrected chi connectivity index (χ4v) is 2.46. The smallest absolute Gasteiger partial charge is 0.304 e. The number of amides is 2. The van der Waals surface area contributed by atoms with Gasteiger partial charge in [-0.15, -0.1) is 0 Å². The number of aliphatic imine (C=N–C) groups is 1. The molecule has 0 aromatic heterocycles. The molecule has 1 N–H and O–H groups in total. The first-order chi connectivity index (χ1) is 9.19. The van der Waals surface area contributed by atoms with Gasteiger partial charge in [0.2, 0.25) is 0 Å². The summed E-state index contributed by atoms with van der Waals surface area (Å²) in [4.78, 5) is 15.1. The lowest BCUT2D eigenvalue weighted by Crippen LogP contribution is -2.17. The normalized spacial score (nSPS) is 20.2. The van der Waals surface area contributed by atoms with E-state index >= 15 is 0 Å². The Kier molecular flexibility index (Phi) is 2.53. The van der Waals surface area contributed by atoms with Crippen LogP contribution in [0.5, 0.6) is 0 Å². The molecule has 1 aliphatic heterocycles. The number of carbonyl (C=O) groups excluding carboxylic acids is 1. The molecule has 1 aromatic rings. The lowest BCUT2D eigenvalue weighted by atomic mass is 9.87. The summed E-state index contributed by atoms with van der Waals surface area (Å²) in [6, 6.07) is 7.56. The van der Waals surface area contributed by atoms with Crippen molar-refractivity contribution in [3.8, 4) is 6.07 Å². The number of hydrogen-bond acceptors (Lipinski definition) is 2. The van der Waals surface area contributed by atoms with Crippen LogP contribution in [0.2, 0.25) is 0 Å². The zero-order valence-electron chi connectivity index (χ0n) is 10.3. The first-order valence-corrected chi connectivity index (χ1v) is 5.98. The highest BCUT2D eigenvalue weighted by Gasteiger charge is 2.24. The molecule has 0 spiro atoms. The monoisotopic (exact) mass is 249 g/mol. The van der Waals surface area contributed by atoms with E-state index in [1.165, 1.54) is 0 Å². The molecule has 1 aromatic carbocycles. The molecule has 1 atom stereocenters. The molecule has 1 heterocycles. The van der Waals surface area contributed by atoms with Crippen molar-refractivity contribution in [1.29, 1.82) is 5.26 Å². The SMILES string of the molecule is Cc1cccc(C#N)c1C1C=CC2=NC(=O)NC2=C1. The van der Waals surface area contributed by atoms with Gasteiger partial charge in [-0.2, -0.15) is 10.3 Å². The van der Waals surface area contributed by atoms with Crippen molar-refractivity contribution in [2.24, 2.45) is 4.99 Å². The second kappa shape index (κ2) is 4.21. The van der Waals surface area contributed by atoms with Crippen molar-refractivity contribution in [2.45, 2.75) is 12.8 Å². The Labute approximate surface area is 110 Å². The van der Waals surface area contributed by atoms with Crippen LogP contribution in [0.3, 0.4) is 0 Å². The largest absolute Gasteiger partial charge is 0.346 e. The number of fused-ring (bicyclic) bond motifs is 1. The molecule has 3 rings (SSSR count). The maximum atomic E-state index is 11.2.